The second-order valence-corrected chi connectivity index (χ2v) is 8.38. The summed E-state index contributed by atoms with van der Waals surface area (Å²) in [6.07, 6.45) is 0.672. The number of anilines is 1. The zero-order valence-corrected chi connectivity index (χ0v) is 18.6. The van der Waals surface area contributed by atoms with Gasteiger partial charge in [-0.15, -0.1) is 0 Å². The lowest BCUT2D eigenvalue weighted by Gasteiger charge is -2.16. The predicted molar refractivity (Wildman–Crippen MR) is 116 cm³/mol. The Morgan fingerprint density at radius 1 is 1.16 bits per heavy atom. The molecule has 1 heterocycles. The molecule has 1 N–H and O–H groups in total. The molecule has 0 bridgehead atoms. The molecule has 0 fully saturated rings. The van der Waals surface area contributed by atoms with Crippen molar-refractivity contribution >= 4 is 21.7 Å². The van der Waals surface area contributed by atoms with Crippen molar-refractivity contribution in [2.45, 2.75) is 32.1 Å². The van der Waals surface area contributed by atoms with Crippen LogP contribution in [0.2, 0.25) is 0 Å². The third-order valence-corrected chi connectivity index (χ3v) is 6.08. The maximum Gasteiger partial charge on any atom is 0.360 e. The van der Waals surface area contributed by atoms with Crippen LogP contribution in [0, 0.1) is 6.92 Å². The summed E-state index contributed by atoms with van der Waals surface area (Å²) in [5.41, 5.74) is 2.66. The highest BCUT2D eigenvalue weighted by molar-refractivity contribution is 7.92. The van der Waals surface area contributed by atoms with Gasteiger partial charge in [0.1, 0.15) is 10.6 Å². The van der Waals surface area contributed by atoms with Crippen LogP contribution in [0.4, 0.5) is 5.69 Å². The van der Waals surface area contributed by atoms with Gasteiger partial charge in [0.15, 0.2) is 11.5 Å². The van der Waals surface area contributed by atoms with E-state index in [9.17, 15) is 13.2 Å². The standard InChI is InChI=1S/C22H24N2O6S/c1-5-15-9-7-8-14(3)21(15)24-31(26,27)20-12-16(10-11-18(20)28-4)19-13-17(23-30-19)22(25)29-6-2/h7-13,24H,5-6H2,1-4H3. The van der Waals surface area contributed by atoms with Gasteiger partial charge in [-0.3, -0.25) is 4.72 Å². The van der Waals surface area contributed by atoms with Crippen molar-refractivity contribution in [1.29, 1.82) is 0 Å². The van der Waals surface area contributed by atoms with Crippen LogP contribution in [-0.4, -0.2) is 33.3 Å². The molecule has 2 aromatic carbocycles. The Balaban J connectivity index is 2.02. The molecule has 9 heteroatoms. The normalized spacial score (nSPS) is 11.2. The summed E-state index contributed by atoms with van der Waals surface area (Å²) in [5, 5.41) is 3.70. The Kier molecular flexibility index (Phi) is 6.65. The van der Waals surface area contributed by atoms with Crippen LogP contribution in [-0.2, 0) is 21.2 Å². The van der Waals surface area contributed by atoms with Crippen molar-refractivity contribution < 1.29 is 27.2 Å². The molecule has 0 saturated heterocycles. The SMILES string of the molecule is CCOC(=O)c1cc(-c2ccc(OC)c(S(=O)(=O)Nc3c(C)cccc3CC)c2)on1. The minimum Gasteiger partial charge on any atom is -0.495 e. The Morgan fingerprint density at radius 3 is 2.61 bits per heavy atom. The van der Waals surface area contributed by atoms with Crippen LogP contribution in [0.1, 0.15) is 35.5 Å². The molecular weight excluding hydrogens is 420 g/mol. The van der Waals surface area contributed by atoms with Gasteiger partial charge in [0, 0.05) is 11.6 Å². The molecule has 1 aromatic heterocycles. The summed E-state index contributed by atoms with van der Waals surface area (Å²) < 4.78 is 44.6. The molecule has 0 saturated carbocycles. The summed E-state index contributed by atoms with van der Waals surface area (Å²) in [6, 6.07) is 11.6. The van der Waals surface area contributed by atoms with Crippen LogP contribution < -0.4 is 9.46 Å². The van der Waals surface area contributed by atoms with E-state index in [0.717, 1.165) is 11.1 Å². The van der Waals surface area contributed by atoms with Gasteiger partial charge in [0.2, 0.25) is 0 Å². The number of esters is 1. The lowest BCUT2D eigenvalue weighted by molar-refractivity contribution is 0.0514. The molecular formula is C22H24N2O6S. The zero-order chi connectivity index (χ0) is 22.6. The Labute approximate surface area is 181 Å². The number of aromatic nitrogens is 1. The van der Waals surface area contributed by atoms with E-state index in [0.29, 0.717) is 17.7 Å². The van der Waals surface area contributed by atoms with E-state index in [2.05, 4.69) is 9.88 Å². The van der Waals surface area contributed by atoms with Gasteiger partial charge < -0.3 is 14.0 Å². The van der Waals surface area contributed by atoms with E-state index in [1.807, 2.05) is 32.0 Å². The zero-order valence-electron chi connectivity index (χ0n) is 17.8. The first-order valence-corrected chi connectivity index (χ1v) is 11.2. The van der Waals surface area contributed by atoms with Gasteiger partial charge in [-0.1, -0.05) is 30.3 Å². The number of rotatable bonds is 8. The smallest absolute Gasteiger partial charge is 0.360 e. The lowest BCUT2D eigenvalue weighted by Crippen LogP contribution is -2.16. The van der Waals surface area contributed by atoms with E-state index in [1.54, 1.807) is 13.0 Å². The molecule has 0 spiro atoms. The molecule has 0 atom stereocenters. The molecule has 0 aliphatic heterocycles. The van der Waals surface area contributed by atoms with Crippen molar-refractivity contribution in [2.24, 2.45) is 0 Å². The van der Waals surface area contributed by atoms with E-state index < -0.39 is 16.0 Å². The number of nitrogens with zero attached hydrogens (tertiary/aromatic N) is 1. The van der Waals surface area contributed by atoms with Crippen LogP contribution in [0.3, 0.4) is 0 Å². The number of hydrogen-bond donors (Lipinski definition) is 1. The molecule has 0 radical (unpaired) electrons. The largest absolute Gasteiger partial charge is 0.495 e. The van der Waals surface area contributed by atoms with Crippen molar-refractivity contribution in [3.8, 4) is 17.1 Å². The number of methoxy groups -OCH3 is 1. The van der Waals surface area contributed by atoms with E-state index in [4.69, 9.17) is 14.0 Å². The lowest BCUT2D eigenvalue weighted by atomic mass is 10.1. The number of nitrogens with one attached hydrogen (secondary N) is 1. The highest BCUT2D eigenvalue weighted by Crippen LogP contribution is 2.33. The summed E-state index contributed by atoms with van der Waals surface area (Å²) >= 11 is 0. The van der Waals surface area contributed by atoms with Gasteiger partial charge in [0.25, 0.3) is 10.0 Å². The van der Waals surface area contributed by atoms with Crippen LogP contribution in [0.5, 0.6) is 5.75 Å². The average molecular weight is 445 g/mol. The topological polar surface area (TPSA) is 108 Å². The molecule has 0 amide bonds. The van der Waals surface area contributed by atoms with Gasteiger partial charge in [-0.05, 0) is 49.6 Å². The number of carbonyl (C=O) groups is 1. The van der Waals surface area contributed by atoms with Crippen LogP contribution >= 0.6 is 0 Å². The Hall–Kier alpha value is -3.33. The first-order chi connectivity index (χ1) is 14.8. The molecule has 3 rings (SSSR count). The summed E-state index contributed by atoms with van der Waals surface area (Å²) in [5.74, 6) is -0.215. The minimum absolute atomic E-state index is 0.00250. The summed E-state index contributed by atoms with van der Waals surface area (Å²) in [4.78, 5) is 11.8. The molecule has 31 heavy (non-hydrogen) atoms. The quantitative estimate of drug-likeness (QED) is 0.519. The molecule has 164 valence electrons. The number of ether oxygens (including phenoxy) is 2. The summed E-state index contributed by atoms with van der Waals surface area (Å²) in [7, 11) is -2.59. The fourth-order valence-electron chi connectivity index (χ4n) is 3.11. The van der Waals surface area contributed by atoms with Crippen molar-refractivity contribution in [2.75, 3.05) is 18.4 Å². The third kappa shape index (κ3) is 4.72. The number of para-hydroxylation sites is 1. The Bertz CT molecular complexity index is 1200. The van der Waals surface area contributed by atoms with E-state index >= 15 is 0 Å². The maximum atomic E-state index is 13.3. The predicted octanol–water partition coefficient (Wildman–Crippen LogP) is 4.20. The fourth-order valence-corrected chi connectivity index (χ4v) is 4.48. The van der Waals surface area contributed by atoms with Gasteiger partial charge in [-0.2, -0.15) is 0 Å². The average Bonchev–Trinajstić information content (AvgIpc) is 3.25. The van der Waals surface area contributed by atoms with Crippen LogP contribution in [0.15, 0.2) is 51.9 Å². The van der Waals surface area contributed by atoms with Gasteiger partial charge in [0.05, 0.1) is 19.4 Å². The minimum atomic E-state index is -3.99. The molecule has 0 unspecified atom stereocenters. The molecule has 8 nitrogen and oxygen atoms in total. The first kappa shape index (κ1) is 22.4. The Morgan fingerprint density at radius 2 is 1.94 bits per heavy atom. The van der Waals surface area contributed by atoms with Gasteiger partial charge in [-0.25, -0.2) is 13.2 Å². The van der Waals surface area contributed by atoms with Crippen molar-refractivity contribution in [3.63, 3.8) is 0 Å². The second kappa shape index (κ2) is 9.22. The summed E-state index contributed by atoms with van der Waals surface area (Å²) in [6.45, 7) is 5.69. The number of carbonyl (C=O) groups excluding carboxylic acids is 1. The van der Waals surface area contributed by atoms with Crippen molar-refractivity contribution in [3.05, 3.63) is 59.3 Å². The monoisotopic (exact) mass is 444 g/mol. The molecule has 0 aliphatic carbocycles. The maximum absolute atomic E-state index is 13.3. The van der Waals surface area contributed by atoms with Crippen LogP contribution in [0.25, 0.3) is 11.3 Å². The highest BCUT2D eigenvalue weighted by atomic mass is 32.2. The molecule has 0 aliphatic rings. The number of benzene rings is 2. The number of sulfonamides is 1. The van der Waals surface area contributed by atoms with Gasteiger partial charge >= 0.3 is 5.97 Å². The fraction of sp³-hybridized carbons (Fsp3) is 0.273. The first-order valence-electron chi connectivity index (χ1n) is 9.74. The number of aryl methyl sites for hydroxylation is 2. The molecule has 3 aromatic rings. The highest BCUT2D eigenvalue weighted by Gasteiger charge is 2.24. The number of hydrogen-bond acceptors (Lipinski definition) is 7. The van der Waals surface area contributed by atoms with E-state index in [1.165, 1.54) is 25.3 Å². The van der Waals surface area contributed by atoms with Crippen molar-refractivity contribution in [1.82, 2.24) is 5.16 Å². The third-order valence-electron chi connectivity index (χ3n) is 4.71. The van der Waals surface area contributed by atoms with E-state index in [-0.39, 0.29) is 28.7 Å². The second-order valence-electron chi connectivity index (χ2n) is 6.73.